The van der Waals surface area contributed by atoms with E-state index in [2.05, 4.69) is 15.6 Å². The molecule has 1 aliphatic rings. The van der Waals surface area contributed by atoms with E-state index in [9.17, 15) is 9.59 Å². The monoisotopic (exact) mass is 527 g/mol. The molecule has 1 aliphatic carbocycles. The maximum absolute atomic E-state index is 12.8. The average Bonchev–Trinajstić information content (AvgIpc) is 2.85. The standard InChI is InChI=1S/C27H27Cl2N3O4/c1-35-27(34)23(32-26(33)25-21(28)5-4-6-22(25)29)15-17-8-10-20(11-9-17)36-16-18-13-19(14-18)31-24-7-2-3-12-30-24/h2-12,18-19,23H,13-16H2,1H3,(H,30,31)(H,32,33)/t18?,19?,23-/m0/s1. The van der Waals surface area contributed by atoms with Gasteiger partial charge in [-0.1, -0.05) is 47.5 Å². The van der Waals surface area contributed by atoms with Crippen molar-refractivity contribution < 1.29 is 19.1 Å². The van der Waals surface area contributed by atoms with Gasteiger partial charge in [0.1, 0.15) is 17.6 Å². The molecule has 1 atom stereocenters. The van der Waals surface area contributed by atoms with E-state index in [4.69, 9.17) is 32.7 Å². The third-order valence-electron chi connectivity index (χ3n) is 6.08. The highest BCUT2D eigenvalue weighted by Gasteiger charge is 2.30. The molecule has 0 unspecified atom stereocenters. The van der Waals surface area contributed by atoms with Crippen LogP contribution in [0.4, 0.5) is 5.82 Å². The number of anilines is 1. The van der Waals surface area contributed by atoms with Crippen molar-refractivity contribution in [2.75, 3.05) is 19.0 Å². The number of halogens is 2. The topological polar surface area (TPSA) is 89.6 Å². The van der Waals surface area contributed by atoms with Gasteiger partial charge >= 0.3 is 5.97 Å². The van der Waals surface area contributed by atoms with E-state index in [0.717, 1.165) is 30.0 Å². The number of amides is 1. The van der Waals surface area contributed by atoms with Crippen LogP contribution < -0.4 is 15.4 Å². The molecule has 0 radical (unpaired) electrons. The lowest BCUT2D eigenvalue weighted by Crippen LogP contribution is -2.43. The zero-order chi connectivity index (χ0) is 25.5. The Morgan fingerprint density at radius 3 is 2.39 bits per heavy atom. The molecule has 1 fully saturated rings. The Kier molecular flexibility index (Phi) is 8.67. The Morgan fingerprint density at radius 2 is 1.75 bits per heavy atom. The van der Waals surface area contributed by atoms with Crippen LogP contribution in [0.25, 0.3) is 0 Å². The van der Waals surface area contributed by atoms with E-state index in [0.29, 0.717) is 18.6 Å². The minimum absolute atomic E-state index is 0.118. The fourth-order valence-electron chi connectivity index (χ4n) is 4.10. The number of ether oxygens (including phenoxy) is 2. The zero-order valence-electron chi connectivity index (χ0n) is 19.7. The van der Waals surface area contributed by atoms with Crippen molar-refractivity contribution in [2.24, 2.45) is 5.92 Å². The highest BCUT2D eigenvalue weighted by atomic mass is 35.5. The van der Waals surface area contributed by atoms with Crippen molar-refractivity contribution in [1.82, 2.24) is 10.3 Å². The third kappa shape index (κ3) is 6.68. The van der Waals surface area contributed by atoms with Gasteiger partial charge in [0.15, 0.2) is 0 Å². The van der Waals surface area contributed by atoms with Crippen LogP contribution >= 0.6 is 23.2 Å². The van der Waals surface area contributed by atoms with Crippen molar-refractivity contribution in [1.29, 1.82) is 0 Å². The van der Waals surface area contributed by atoms with Gasteiger partial charge in [-0.05, 0) is 60.7 Å². The summed E-state index contributed by atoms with van der Waals surface area (Å²) >= 11 is 12.3. The highest BCUT2D eigenvalue weighted by molar-refractivity contribution is 6.39. The number of carbonyl (C=O) groups is 2. The number of methoxy groups -OCH3 is 1. The van der Waals surface area contributed by atoms with Crippen LogP contribution in [0.3, 0.4) is 0 Å². The van der Waals surface area contributed by atoms with E-state index in [1.807, 2.05) is 42.5 Å². The van der Waals surface area contributed by atoms with Gasteiger partial charge in [0.05, 0.1) is 29.3 Å². The average molecular weight is 528 g/mol. The van der Waals surface area contributed by atoms with Crippen LogP contribution in [0.1, 0.15) is 28.8 Å². The van der Waals surface area contributed by atoms with Gasteiger partial charge in [0.2, 0.25) is 0 Å². The number of pyridine rings is 1. The van der Waals surface area contributed by atoms with Crippen molar-refractivity contribution in [3.63, 3.8) is 0 Å². The Balaban J connectivity index is 1.27. The number of rotatable bonds is 10. The van der Waals surface area contributed by atoms with E-state index in [1.54, 1.807) is 24.4 Å². The second-order valence-corrected chi connectivity index (χ2v) is 9.51. The molecule has 3 aromatic rings. The van der Waals surface area contributed by atoms with Crippen LogP contribution in [0.2, 0.25) is 10.0 Å². The summed E-state index contributed by atoms with van der Waals surface area (Å²) in [5.41, 5.74) is 0.957. The molecule has 188 valence electrons. The fourth-order valence-corrected chi connectivity index (χ4v) is 4.67. The van der Waals surface area contributed by atoms with Gasteiger partial charge in [-0.15, -0.1) is 0 Å². The molecule has 4 rings (SSSR count). The quantitative estimate of drug-likeness (QED) is 0.353. The largest absolute Gasteiger partial charge is 0.493 e. The summed E-state index contributed by atoms with van der Waals surface area (Å²) in [5, 5.41) is 6.52. The molecule has 2 N–H and O–H groups in total. The number of esters is 1. The molecule has 2 aromatic carbocycles. The summed E-state index contributed by atoms with van der Waals surface area (Å²) in [6.45, 7) is 0.638. The number of carbonyl (C=O) groups excluding carboxylic acids is 2. The van der Waals surface area contributed by atoms with Gasteiger partial charge in [0, 0.05) is 18.7 Å². The predicted octanol–water partition coefficient (Wildman–Crippen LogP) is 5.17. The molecule has 1 saturated carbocycles. The van der Waals surface area contributed by atoms with E-state index in [1.165, 1.54) is 7.11 Å². The van der Waals surface area contributed by atoms with E-state index >= 15 is 0 Å². The molecule has 0 bridgehead atoms. The Labute approximate surface area is 220 Å². The number of nitrogens with one attached hydrogen (secondary N) is 2. The minimum atomic E-state index is -0.903. The Bertz CT molecular complexity index is 1170. The van der Waals surface area contributed by atoms with E-state index < -0.39 is 17.9 Å². The van der Waals surface area contributed by atoms with Gasteiger partial charge in [0.25, 0.3) is 5.91 Å². The van der Waals surface area contributed by atoms with Gasteiger partial charge < -0.3 is 20.1 Å². The van der Waals surface area contributed by atoms with Crippen molar-refractivity contribution in [3.05, 3.63) is 88.0 Å². The summed E-state index contributed by atoms with van der Waals surface area (Å²) in [6.07, 6.45) is 4.08. The Morgan fingerprint density at radius 1 is 1.03 bits per heavy atom. The van der Waals surface area contributed by atoms with Gasteiger partial charge in [-0.25, -0.2) is 9.78 Å². The molecular weight excluding hydrogens is 501 g/mol. The normalized spacial score (nSPS) is 17.4. The minimum Gasteiger partial charge on any atom is -0.493 e. The van der Waals surface area contributed by atoms with Crippen LogP contribution in [-0.4, -0.2) is 42.7 Å². The first-order valence-corrected chi connectivity index (χ1v) is 12.4. The molecule has 7 nitrogen and oxygen atoms in total. The maximum Gasteiger partial charge on any atom is 0.328 e. The van der Waals surface area contributed by atoms with Crippen LogP contribution in [0.15, 0.2) is 66.9 Å². The molecule has 36 heavy (non-hydrogen) atoms. The first-order valence-electron chi connectivity index (χ1n) is 11.6. The summed E-state index contributed by atoms with van der Waals surface area (Å²) in [4.78, 5) is 29.4. The molecule has 0 aliphatic heterocycles. The predicted molar refractivity (Wildman–Crippen MR) is 140 cm³/mol. The van der Waals surface area contributed by atoms with Crippen molar-refractivity contribution >= 4 is 40.9 Å². The summed E-state index contributed by atoms with van der Waals surface area (Å²) in [5.74, 6) is 1.03. The number of aromatic nitrogens is 1. The zero-order valence-corrected chi connectivity index (χ0v) is 21.3. The van der Waals surface area contributed by atoms with Crippen LogP contribution in [-0.2, 0) is 16.0 Å². The molecular formula is C27H27Cl2N3O4. The SMILES string of the molecule is COC(=O)[C@H](Cc1ccc(OCC2CC(Nc3ccccn3)C2)cc1)NC(=O)c1c(Cl)cccc1Cl. The number of benzene rings is 2. The first kappa shape index (κ1) is 25.8. The lowest BCUT2D eigenvalue weighted by molar-refractivity contribution is -0.142. The van der Waals surface area contributed by atoms with Crippen LogP contribution in [0.5, 0.6) is 5.75 Å². The van der Waals surface area contributed by atoms with Crippen molar-refractivity contribution in [2.45, 2.75) is 31.3 Å². The van der Waals surface area contributed by atoms with E-state index in [-0.39, 0.29) is 22.0 Å². The fraction of sp³-hybridized carbons (Fsp3) is 0.296. The second kappa shape index (κ2) is 12.1. The van der Waals surface area contributed by atoms with Crippen molar-refractivity contribution in [3.8, 4) is 5.75 Å². The molecule has 1 aromatic heterocycles. The smallest absolute Gasteiger partial charge is 0.328 e. The highest BCUT2D eigenvalue weighted by Crippen LogP contribution is 2.30. The third-order valence-corrected chi connectivity index (χ3v) is 6.71. The molecule has 0 saturated heterocycles. The number of hydrogen-bond donors (Lipinski definition) is 2. The first-order chi connectivity index (χ1) is 17.4. The maximum atomic E-state index is 12.8. The molecule has 0 spiro atoms. The summed E-state index contributed by atoms with van der Waals surface area (Å²) in [7, 11) is 1.28. The summed E-state index contributed by atoms with van der Waals surface area (Å²) in [6, 6.07) is 17.6. The number of hydrogen-bond acceptors (Lipinski definition) is 6. The lowest BCUT2D eigenvalue weighted by Gasteiger charge is -2.35. The second-order valence-electron chi connectivity index (χ2n) is 8.70. The van der Waals surface area contributed by atoms with Gasteiger partial charge in [-0.3, -0.25) is 4.79 Å². The van der Waals surface area contributed by atoms with Gasteiger partial charge in [-0.2, -0.15) is 0 Å². The molecule has 9 heteroatoms. The molecule has 1 amide bonds. The summed E-state index contributed by atoms with van der Waals surface area (Å²) < 4.78 is 10.8. The molecule has 1 heterocycles. The Hall–Kier alpha value is -3.29. The lowest BCUT2D eigenvalue weighted by atomic mass is 9.81. The number of nitrogens with zero attached hydrogens (tertiary/aromatic N) is 1. The van der Waals surface area contributed by atoms with Crippen LogP contribution in [0, 0.1) is 5.92 Å².